The minimum atomic E-state index is -0.400. The molecule has 144 valence electrons. The van der Waals surface area contributed by atoms with Gasteiger partial charge in [0.2, 0.25) is 0 Å². The van der Waals surface area contributed by atoms with Gasteiger partial charge in [0.15, 0.2) is 0 Å². The van der Waals surface area contributed by atoms with Gasteiger partial charge in [-0.3, -0.25) is 14.5 Å². The van der Waals surface area contributed by atoms with E-state index in [-0.39, 0.29) is 17.7 Å². The van der Waals surface area contributed by atoms with Gasteiger partial charge in [-0.15, -0.1) is 0 Å². The van der Waals surface area contributed by atoms with Crippen LogP contribution in [0.1, 0.15) is 28.4 Å². The molecule has 0 spiro atoms. The maximum Gasteiger partial charge on any atom is 0.338 e. The second kappa shape index (κ2) is 8.75. The minimum Gasteiger partial charge on any atom is -0.497 e. The van der Waals surface area contributed by atoms with Crippen molar-refractivity contribution in [2.75, 3.05) is 13.7 Å². The lowest BCUT2D eigenvalue weighted by molar-refractivity contribution is -0.123. The van der Waals surface area contributed by atoms with Gasteiger partial charge in [0.25, 0.3) is 11.1 Å². The summed E-state index contributed by atoms with van der Waals surface area (Å²) < 4.78 is 10.1. The Bertz CT molecular complexity index is 919. The fraction of sp³-hybridized carbons (Fsp3) is 0.190. The number of amides is 2. The number of hydrogen-bond acceptors (Lipinski definition) is 6. The van der Waals surface area contributed by atoms with Crippen molar-refractivity contribution in [1.82, 2.24) is 4.90 Å². The van der Waals surface area contributed by atoms with Crippen molar-refractivity contribution in [2.45, 2.75) is 13.5 Å². The van der Waals surface area contributed by atoms with Crippen LogP contribution in [0, 0.1) is 0 Å². The largest absolute Gasteiger partial charge is 0.497 e. The van der Waals surface area contributed by atoms with Crippen LogP contribution in [0.2, 0.25) is 0 Å². The molecule has 1 aliphatic heterocycles. The molecule has 1 aliphatic rings. The molecular formula is C21H19NO5S. The highest BCUT2D eigenvalue weighted by Gasteiger charge is 2.34. The van der Waals surface area contributed by atoms with Crippen LogP contribution in [-0.2, 0) is 16.1 Å². The molecule has 1 heterocycles. The van der Waals surface area contributed by atoms with Crippen molar-refractivity contribution in [1.29, 1.82) is 0 Å². The summed E-state index contributed by atoms with van der Waals surface area (Å²) in [6.07, 6.45) is 1.69. The van der Waals surface area contributed by atoms with Crippen molar-refractivity contribution in [2.24, 2.45) is 0 Å². The van der Waals surface area contributed by atoms with Gasteiger partial charge in [-0.25, -0.2) is 4.79 Å². The number of rotatable bonds is 6. The molecule has 28 heavy (non-hydrogen) atoms. The molecule has 3 rings (SSSR count). The van der Waals surface area contributed by atoms with Crippen molar-refractivity contribution in [3.05, 3.63) is 70.1 Å². The van der Waals surface area contributed by atoms with Crippen molar-refractivity contribution in [3.8, 4) is 5.75 Å². The van der Waals surface area contributed by atoms with E-state index in [0.717, 1.165) is 28.6 Å². The van der Waals surface area contributed by atoms with Crippen LogP contribution in [0.5, 0.6) is 5.75 Å². The number of methoxy groups -OCH3 is 1. The summed E-state index contributed by atoms with van der Waals surface area (Å²) in [6, 6.07) is 13.9. The van der Waals surface area contributed by atoms with Crippen molar-refractivity contribution >= 4 is 35.0 Å². The van der Waals surface area contributed by atoms with E-state index in [1.165, 1.54) is 4.90 Å². The normalized spacial score (nSPS) is 15.2. The van der Waals surface area contributed by atoms with Gasteiger partial charge >= 0.3 is 5.97 Å². The monoisotopic (exact) mass is 397 g/mol. The Morgan fingerprint density at radius 3 is 2.36 bits per heavy atom. The van der Waals surface area contributed by atoms with Crippen LogP contribution in [-0.4, -0.2) is 35.7 Å². The quantitative estimate of drug-likeness (QED) is 0.540. The van der Waals surface area contributed by atoms with Gasteiger partial charge in [-0.2, -0.15) is 0 Å². The van der Waals surface area contributed by atoms with Gasteiger partial charge in [-0.1, -0.05) is 24.3 Å². The lowest BCUT2D eigenvalue weighted by atomic mass is 10.1. The van der Waals surface area contributed by atoms with E-state index >= 15 is 0 Å². The molecule has 0 aliphatic carbocycles. The molecule has 0 saturated carbocycles. The molecule has 0 N–H and O–H groups in total. The van der Waals surface area contributed by atoms with E-state index in [2.05, 4.69) is 0 Å². The Morgan fingerprint density at radius 1 is 1.07 bits per heavy atom. The second-order valence-corrected chi connectivity index (χ2v) is 6.95. The highest BCUT2D eigenvalue weighted by molar-refractivity contribution is 8.18. The molecule has 2 aromatic carbocycles. The zero-order chi connectivity index (χ0) is 20.1. The number of thioether (sulfide) groups is 1. The maximum atomic E-state index is 12.6. The van der Waals surface area contributed by atoms with E-state index in [0.29, 0.717) is 17.1 Å². The van der Waals surface area contributed by atoms with E-state index in [4.69, 9.17) is 9.47 Å². The van der Waals surface area contributed by atoms with Crippen LogP contribution >= 0.6 is 11.8 Å². The third kappa shape index (κ3) is 4.43. The summed E-state index contributed by atoms with van der Waals surface area (Å²) >= 11 is 0.914. The Hall–Kier alpha value is -3.06. The van der Waals surface area contributed by atoms with Crippen LogP contribution in [0.15, 0.2) is 53.4 Å². The second-order valence-electron chi connectivity index (χ2n) is 5.96. The number of benzene rings is 2. The van der Waals surface area contributed by atoms with Gasteiger partial charge in [-0.05, 0) is 60.2 Å². The van der Waals surface area contributed by atoms with E-state index < -0.39 is 5.97 Å². The first-order valence-corrected chi connectivity index (χ1v) is 9.49. The number of imide groups is 1. The molecule has 0 atom stereocenters. The zero-order valence-corrected chi connectivity index (χ0v) is 16.3. The number of esters is 1. The molecule has 2 amide bonds. The van der Waals surface area contributed by atoms with Gasteiger partial charge in [0.1, 0.15) is 5.75 Å². The fourth-order valence-corrected chi connectivity index (χ4v) is 3.47. The average molecular weight is 397 g/mol. The zero-order valence-electron chi connectivity index (χ0n) is 15.5. The topological polar surface area (TPSA) is 72.9 Å². The molecule has 1 saturated heterocycles. The van der Waals surface area contributed by atoms with Crippen molar-refractivity contribution in [3.63, 3.8) is 0 Å². The Balaban J connectivity index is 1.71. The molecule has 0 bridgehead atoms. The molecule has 0 radical (unpaired) electrons. The summed E-state index contributed by atoms with van der Waals surface area (Å²) in [4.78, 5) is 38.2. The molecule has 0 unspecified atom stereocenters. The van der Waals surface area contributed by atoms with Gasteiger partial charge in [0, 0.05) is 0 Å². The summed E-state index contributed by atoms with van der Waals surface area (Å²) in [6.45, 7) is 2.19. The summed E-state index contributed by atoms with van der Waals surface area (Å²) in [7, 11) is 1.58. The lowest BCUT2D eigenvalue weighted by Gasteiger charge is -2.12. The Labute approximate surface area is 167 Å². The number of ether oxygens (including phenoxy) is 2. The smallest absolute Gasteiger partial charge is 0.338 e. The number of nitrogens with zero attached hydrogens (tertiary/aromatic N) is 1. The predicted octanol–water partition coefficient (Wildman–Crippen LogP) is 4.11. The SMILES string of the molecule is CCOC(=O)c1ccc(CN2C(=O)SC(=Cc3ccc(OC)cc3)C2=O)cc1. The van der Waals surface area contributed by atoms with Crippen molar-refractivity contribution < 1.29 is 23.9 Å². The van der Waals surface area contributed by atoms with Crippen LogP contribution in [0.3, 0.4) is 0 Å². The number of hydrogen-bond donors (Lipinski definition) is 0. The van der Waals surface area contributed by atoms with E-state index in [1.807, 2.05) is 12.1 Å². The summed E-state index contributed by atoms with van der Waals surface area (Å²) in [5.41, 5.74) is 1.99. The predicted molar refractivity (Wildman–Crippen MR) is 107 cm³/mol. The van der Waals surface area contributed by atoms with Crippen LogP contribution in [0.4, 0.5) is 4.79 Å². The lowest BCUT2D eigenvalue weighted by Crippen LogP contribution is -2.27. The Morgan fingerprint density at radius 2 is 1.75 bits per heavy atom. The van der Waals surface area contributed by atoms with Gasteiger partial charge < -0.3 is 9.47 Å². The minimum absolute atomic E-state index is 0.147. The molecule has 0 aromatic heterocycles. The third-order valence-electron chi connectivity index (χ3n) is 4.09. The molecule has 2 aromatic rings. The first-order valence-electron chi connectivity index (χ1n) is 8.67. The standard InChI is InChI=1S/C21H19NO5S/c1-3-27-20(24)16-8-4-15(5-9-16)13-22-19(23)18(28-21(22)25)12-14-6-10-17(26-2)11-7-14/h4-12H,3,13H2,1-2H3. The first kappa shape index (κ1) is 19.7. The summed E-state index contributed by atoms with van der Waals surface area (Å²) in [5, 5.41) is -0.320. The highest BCUT2D eigenvalue weighted by atomic mass is 32.2. The molecule has 7 heteroatoms. The fourth-order valence-electron chi connectivity index (χ4n) is 2.63. The average Bonchev–Trinajstić information content (AvgIpc) is 2.96. The molecule has 1 fully saturated rings. The first-order chi connectivity index (χ1) is 13.5. The van der Waals surface area contributed by atoms with Crippen LogP contribution < -0.4 is 4.74 Å². The Kier molecular flexibility index (Phi) is 6.16. The van der Waals surface area contributed by atoms with E-state index in [9.17, 15) is 14.4 Å². The van der Waals surface area contributed by atoms with Gasteiger partial charge in [0.05, 0.1) is 30.7 Å². The van der Waals surface area contributed by atoms with Crippen LogP contribution in [0.25, 0.3) is 6.08 Å². The number of carbonyl (C=O) groups excluding carboxylic acids is 3. The summed E-state index contributed by atoms with van der Waals surface area (Å²) in [5.74, 6) is -0.0144. The third-order valence-corrected chi connectivity index (χ3v) is 5.00. The molecular weight excluding hydrogens is 378 g/mol. The highest BCUT2D eigenvalue weighted by Crippen LogP contribution is 2.33. The maximum absolute atomic E-state index is 12.6. The van der Waals surface area contributed by atoms with E-state index in [1.54, 1.807) is 56.5 Å². The number of carbonyl (C=O) groups is 3. The molecule has 6 nitrogen and oxygen atoms in total.